The van der Waals surface area contributed by atoms with Gasteiger partial charge in [-0.2, -0.15) is 0 Å². The lowest BCUT2D eigenvalue weighted by molar-refractivity contribution is -0.132. The van der Waals surface area contributed by atoms with Gasteiger partial charge in [0.2, 0.25) is 11.8 Å². The van der Waals surface area contributed by atoms with E-state index < -0.39 is 0 Å². The van der Waals surface area contributed by atoms with Gasteiger partial charge in [0.25, 0.3) is 0 Å². The smallest absolute Gasteiger partial charge is 0.311 e. The maximum absolute atomic E-state index is 12.8. The summed E-state index contributed by atoms with van der Waals surface area (Å²) < 4.78 is 1.15. The average molecular weight is 447 g/mol. The zero-order valence-electron chi connectivity index (χ0n) is 17.3. The molecule has 8 heteroatoms. The number of thiazole rings is 1. The van der Waals surface area contributed by atoms with E-state index in [1.165, 1.54) is 0 Å². The lowest BCUT2D eigenvalue weighted by Crippen LogP contribution is -2.49. The summed E-state index contributed by atoms with van der Waals surface area (Å²) in [5.74, 6) is -0.346. The summed E-state index contributed by atoms with van der Waals surface area (Å²) in [6.45, 7) is 2.46. The van der Waals surface area contributed by atoms with E-state index >= 15 is 0 Å². The van der Waals surface area contributed by atoms with Crippen molar-refractivity contribution in [3.63, 3.8) is 0 Å². The van der Waals surface area contributed by atoms with Crippen LogP contribution in [-0.4, -0.2) is 52.9 Å². The van der Waals surface area contributed by atoms with Crippen molar-refractivity contribution in [2.45, 2.75) is 6.54 Å². The molecule has 3 aromatic rings. The standard InChI is InChI=1S/C24H22N4O3S/c29-22(27-12-10-26(11-13-27)18-6-2-1-3-7-18)16-28-23(30)21(32-24(28)31)14-17-15-25-20-9-5-4-8-19(17)20/h1-9,14-15,30H,10-13,16H2. The van der Waals surface area contributed by atoms with Crippen molar-refractivity contribution < 1.29 is 9.90 Å². The van der Waals surface area contributed by atoms with E-state index in [0.717, 1.165) is 51.5 Å². The number of para-hydroxylation sites is 2. The van der Waals surface area contributed by atoms with Gasteiger partial charge in [0, 0.05) is 49.2 Å². The number of rotatable bonds is 4. The van der Waals surface area contributed by atoms with E-state index in [9.17, 15) is 14.7 Å². The Morgan fingerprint density at radius 1 is 1.03 bits per heavy atom. The Morgan fingerprint density at radius 2 is 1.75 bits per heavy atom. The van der Waals surface area contributed by atoms with Crippen LogP contribution in [0.3, 0.4) is 0 Å². The Bertz CT molecular complexity index is 1270. The third kappa shape index (κ3) is 3.85. The average Bonchev–Trinajstić information content (AvgIpc) is 3.36. The number of aliphatic imine (C=N–C) groups is 1. The number of hydrogen-bond acceptors (Lipinski definition) is 6. The molecular weight excluding hydrogens is 424 g/mol. The number of anilines is 1. The Morgan fingerprint density at radius 3 is 2.53 bits per heavy atom. The summed E-state index contributed by atoms with van der Waals surface area (Å²) in [7, 11) is 0. The number of carbonyl (C=O) groups excluding carboxylic acids is 1. The quantitative estimate of drug-likeness (QED) is 0.668. The number of piperazine rings is 1. The largest absolute Gasteiger partial charge is 0.493 e. The third-order valence-electron chi connectivity index (χ3n) is 5.79. The SMILES string of the molecule is O=C(Cn1c(O)c(C=C2C=Nc3ccccc32)sc1=O)N1CCN(c2ccccc2)CC1. The number of hydrogen-bond donors (Lipinski definition) is 1. The summed E-state index contributed by atoms with van der Waals surface area (Å²) in [5.41, 5.74) is 3.77. The Balaban J connectivity index is 1.28. The molecule has 0 atom stereocenters. The summed E-state index contributed by atoms with van der Waals surface area (Å²) in [6, 6.07) is 17.8. The zero-order valence-corrected chi connectivity index (χ0v) is 18.2. The molecule has 0 radical (unpaired) electrons. The van der Waals surface area contributed by atoms with Crippen LogP contribution < -0.4 is 9.77 Å². The van der Waals surface area contributed by atoms with Crippen LogP contribution in [0, 0.1) is 0 Å². The first-order valence-corrected chi connectivity index (χ1v) is 11.3. The maximum atomic E-state index is 12.8. The molecule has 0 saturated carbocycles. The van der Waals surface area contributed by atoms with E-state index in [2.05, 4.69) is 22.0 Å². The van der Waals surface area contributed by atoms with Crippen LogP contribution in [0.1, 0.15) is 10.4 Å². The second-order valence-corrected chi connectivity index (χ2v) is 8.71. The van der Waals surface area contributed by atoms with Gasteiger partial charge in [0.05, 0.1) is 10.6 Å². The zero-order chi connectivity index (χ0) is 22.1. The maximum Gasteiger partial charge on any atom is 0.311 e. The second-order valence-electron chi connectivity index (χ2n) is 7.72. The molecule has 2 aliphatic rings. The van der Waals surface area contributed by atoms with Crippen molar-refractivity contribution in [2.75, 3.05) is 31.1 Å². The van der Waals surface area contributed by atoms with Crippen LogP contribution in [0.2, 0.25) is 0 Å². The highest BCUT2D eigenvalue weighted by atomic mass is 32.1. The van der Waals surface area contributed by atoms with Gasteiger partial charge in [-0.3, -0.25) is 19.1 Å². The highest BCUT2D eigenvalue weighted by Crippen LogP contribution is 2.34. The third-order valence-corrected chi connectivity index (χ3v) is 6.70. The number of fused-ring (bicyclic) bond motifs is 1. The number of nitrogens with zero attached hydrogens (tertiary/aromatic N) is 4. The fraction of sp³-hybridized carbons (Fsp3) is 0.208. The topological polar surface area (TPSA) is 78.1 Å². The number of aromatic hydroxyl groups is 1. The predicted molar refractivity (Wildman–Crippen MR) is 128 cm³/mol. The number of benzene rings is 2. The minimum Gasteiger partial charge on any atom is -0.493 e. The minimum atomic E-state index is -0.353. The van der Waals surface area contributed by atoms with Crippen LogP contribution in [0.15, 0.2) is 64.4 Å². The van der Waals surface area contributed by atoms with Crippen molar-refractivity contribution >= 4 is 46.5 Å². The van der Waals surface area contributed by atoms with Gasteiger partial charge >= 0.3 is 4.87 Å². The van der Waals surface area contributed by atoms with Gasteiger partial charge in [0.15, 0.2) is 0 Å². The second kappa shape index (κ2) is 8.47. The molecule has 1 saturated heterocycles. The molecule has 0 bridgehead atoms. The molecular formula is C24H22N4O3S. The number of aromatic nitrogens is 1. The van der Waals surface area contributed by atoms with Crippen LogP contribution in [-0.2, 0) is 11.3 Å². The van der Waals surface area contributed by atoms with E-state index in [1.54, 1.807) is 17.2 Å². The number of allylic oxidation sites excluding steroid dienone is 1. The first-order valence-electron chi connectivity index (χ1n) is 10.5. The molecule has 0 aliphatic carbocycles. The lowest BCUT2D eigenvalue weighted by atomic mass is 10.1. The van der Waals surface area contributed by atoms with Crippen molar-refractivity contribution in [3.05, 3.63) is 74.7 Å². The molecule has 1 fully saturated rings. The van der Waals surface area contributed by atoms with Gasteiger partial charge in [0.1, 0.15) is 6.54 Å². The van der Waals surface area contributed by atoms with E-state index in [4.69, 9.17) is 0 Å². The molecule has 3 heterocycles. The highest BCUT2D eigenvalue weighted by Gasteiger charge is 2.24. The first-order chi connectivity index (χ1) is 15.6. The van der Waals surface area contributed by atoms with Gasteiger partial charge in [-0.05, 0) is 24.3 Å². The summed E-state index contributed by atoms with van der Waals surface area (Å²) >= 11 is 0.929. The monoisotopic (exact) mass is 446 g/mol. The van der Waals surface area contributed by atoms with E-state index in [0.29, 0.717) is 18.0 Å². The van der Waals surface area contributed by atoms with Crippen molar-refractivity contribution in [1.82, 2.24) is 9.47 Å². The minimum absolute atomic E-state index is 0.166. The molecule has 0 unspecified atom stereocenters. The van der Waals surface area contributed by atoms with Gasteiger partial charge < -0.3 is 14.9 Å². The first kappa shape index (κ1) is 20.3. The predicted octanol–water partition coefficient (Wildman–Crippen LogP) is 3.22. The molecule has 1 amide bonds. The lowest BCUT2D eigenvalue weighted by Gasteiger charge is -2.36. The normalized spacial score (nSPS) is 16.6. The van der Waals surface area contributed by atoms with Crippen molar-refractivity contribution in [3.8, 4) is 5.88 Å². The van der Waals surface area contributed by atoms with Crippen LogP contribution in [0.25, 0.3) is 11.6 Å². The van der Waals surface area contributed by atoms with Crippen LogP contribution in [0.4, 0.5) is 11.4 Å². The van der Waals surface area contributed by atoms with E-state index in [-0.39, 0.29) is 23.2 Å². The summed E-state index contributed by atoms with van der Waals surface area (Å²) in [4.78, 5) is 33.8. The molecule has 0 spiro atoms. The van der Waals surface area contributed by atoms with Gasteiger partial charge in [-0.25, -0.2) is 0 Å². The van der Waals surface area contributed by atoms with Crippen molar-refractivity contribution in [1.29, 1.82) is 0 Å². The molecule has 1 N–H and O–H groups in total. The Hall–Kier alpha value is -3.65. The fourth-order valence-electron chi connectivity index (χ4n) is 4.03. The fourth-order valence-corrected chi connectivity index (χ4v) is 4.87. The molecule has 2 aliphatic heterocycles. The number of carbonyl (C=O) groups is 1. The van der Waals surface area contributed by atoms with Gasteiger partial charge in [-0.1, -0.05) is 47.7 Å². The summed E-state index contributed by atoms with van der Waals surface area (Å²) in [6.07, 6.45) is 3.46. The van der Waals surface area contributed by atoms with E-state index in [1.807, 2.05) is 42.5 Å². The molecule has 1 aromatic heterocycles. The number of amides is 1. The molecule has 162 valence electrons. The Labute approximate surface area is 189 Å². The highest BCUT2D eigenvalue weighted by molar-refractivity contribution is 7.10. The Kier molecular flexibility index (Phi) is 5.36. The summed E-state index contributed by atoms with van der Waals surface area (Å²) in [5, 5.41) is 10.7. The van der Waals surface area contributed by atoms with Crippen molar-refractivity contribution in [2.24, 2.45) is 4.99 Å². The molecule has 32 heavy (non-hydrogen) atoms. The van der Waals surface area contributed by atoms with Crippen LogP contribution >= 0.6 is 11.3 Å². The molecule has 5 rings (SSSR count). The van der Waals surface area contributed by atoms with Gasteiger partial charge in [-0.15, -0.1) is 0 Å². The molecule has 2 aromatic carbocycles. The van der Waals surface area contributed by atoms with Crippen LogP contribution in [0.5, 0.6) is 5.88 Å². The molecule has 7 nitrogen and oxygen atoms in total.